The van der Waals surface area contributed by atoms with E-state index in [0.29, 0.717) is 18.7 Å². The zero-order chi connectivity index (χ0) is 18.0. The number of likely N-dealkylation sites (N-methyl/N-ethyl adjacent to an activating group) is 1. The largest absolute Gasteiger partial charge is 0.462 e. The van der Waals surface area contributed by atoms with E-state index in [0.717, 1.165) is 35.2 Å². The summed E-state index contributed by atoms with van der Waals surface area (Å²) in [4.78, 5) is 27.4. The van der Waals surface area contributed by atoms with Crippen LogP contribution in [0.5, 0.6) is 0 Å². The summed E-state index contributed by atoms with van der Waals surface area (Å²) in [6.45, 7) is 6.90. The van der Waals surface area contributed by atoms with Gasteiger partial charge in [0.25, 0.3) is 5.91 Å². The van der Waals surface area contributed by atoms with E-state index in [1.54, 1.807) is 13.0 Å². The topological polar surface area (TPSA) is 46.6 Å². The number of ether oxygens (including phenoxy) is 1. The molecular weight excluding hydrogens is 316 g/mol. The number of amides is 1. The van der Waals surface area contributed by atoms with Gasteiger partial charge in [-0.15, -0.1) is 0 Å². The van der Waals surface area contributed by atoms with Crippen LogP contribution < -0.4 is 4.90 Å². The van der Waals surface area contributed by atoms with Gasteiger partial charge in [-0.25, -0.2) is 4.79 Å². The minimum Gasteiger partial charge on any atom is -0.462 e. The van der Waals surface area contributed by atoms with Crippen LogP contribution >= 0.6 is 0 Å². The second kappa shape index (κ2) is 7.16. The number of carbonyl (C=O) groups is 2. The first-order chi connectivity index (χ1) is 12.0. The Morgan fingerprint density at radius 3 is 2.68 bits per heavy atom. The Kier molecular flexibility index (Phi) is 5.13. The summed E-state index contributed by atoms with van der Waals surface area (Å²) < 4.78 is 6.04. The smallest absolute Gasteiger partial charge is 0.340 e. The van der Waals surface area contributed by atoms with E-state index >= 15 is 0 Å². The standard InChI is InChI=1S/C20H29N2O3/c1-4-25-20(24)16-10-8-9-15(2)18(16)21-12-11-17(19(21)23)22(3)13-6-5-7-14-22/h8-10,17H,4-7,11-14H2,1-3H3/q+1. The van der Waals surface area contributed by atoms with Crippen molar-refractivity contribution in [1.82, 2.24) is 0 Å². The molecule has 0 N–H and O–H groups in total. The second-order valence-corrected chi connectivity index (χ2v) is 7.47. The predicted octanol–water partition coefficient (Wildman–Crippen LogP) is 2.91. The number of para-hydroxylation sites is 1. The van der Waals surface area contributed by atoms with Gasteiger partial charge in [0.1, 0.15) is 0 Å². The minimum absolute atomic E-state index is 0.00921. The Bertz CT molecular complexity index is 665. The van der Waals surface area contributed by atoms with E-state index in [4.69, 9.17) is 4.74 Å². The zero-order valence-electron chi connectivity index (χ0n) is 15.6. The van der Waals surface area contributed by atoms with Crippen LogP contribution in [0, 0.1) is 6.92 Å². The van der Waals surface area contributed by atoms with Gasteiger partial charge >= 0.3 is 5.97 Å². The molecule has 3 rings (SSSR count). The highest BCUT2D eigenvalue weighted by molar-refractivity contribution is 6.06. The molecule has 2 aliphatic rings. The fourth-order valence-electron chi connectivity index (χ4n) is 4.40. The average Bonchev–Trinajstić information content (AvgIpc) is 2.97. The van der Waals surface area contributed by atoms with Gasteiger partial charge in [-0.2, -0.15) is 0 Å². The second-order valence-electron chi connectivity index (χ2n) is 7.47. The zero-order valence-corrected chi connectivity index (χ0v) is 15.6. The molecule has 2 fully saturated rings. The Morgan fingerprint density at radius 1 is 1.28 bits per heavy atom. The molecule has 2 heterocycles. The highest BCUT2D eigenvalue weighted by Gasteiger charge is 2.46. The maximum absolute atomic E-state index is 13.3. The molecule has 2 aliphatic heterocycles. The molecule has 2 saturated heterocycles. The molecule has 136 valence electrons. The predicted molar refractivity (Wildman–Crippen MR) is 97.7 cm³/mol. The van der Waals surface area contributed by atoms with E-state index in [2.05, 4.69) is 7.05 Å². The highest BCUT2D eigenvalue weighted by atomic mass is 16.5. The molecule has 0 spiro atoms. The van der Waals surface area contributed by atoms with Gasteiger partial charge in [-0.3, -0.25) is 4.79 Å². The van der Waals surface area contributed by atoms with Crippen LogP contribution in [0.25, 0.3) is 0 Å². The third kappa shape index (κ3) is 3.30. The first-order valence-corrected chi connectivity index (χ1v) is 9.40. The van der Waals surface area contributed by atoms with Gasteiger partial charge in [-0.1, -0.05) is 12.1 Å². The van der Waals surface area contributed by atoms with E-state index < -0.39 is 0 Å². The Balaban J connectivity index is 1.91. The van der Waals surface area contributed by atoms with Crippen molar-refractivity contribution in [2.75, 3.05) is 38.2 Å². The van der Waals surface area contributed by atoms with Crippen molar-refractivity contribution in [3.05, 3.63) is 29.3 Å². The molecule has 5 nitrogen and oxygen atoms in total. The summed E-state index contributed by atoms with van der Waals surface area (Å²) in [6.07, 6.45) is 4.51. The van der Waals surface area contributed by atoms with E-state index in [1.165, 1.54) is 19.3 Å². The fraction of sp³-hybridized carbons (Fsp3) is 0.600. The monoisotopic (exact) mass is 345 g/mol. The Hall–Kier alpha value is -1.88. The van der Waals surface area contributed by atoms with Crippen molar-refractivity contribution in [1.29, 1.82) is 0 Å². The van der Waals surface area contributed by atoms with E-state index in [9.17, 15) is 9.59 Å². The van der Waals surface area contributed by atoms with Crippen molar-refractivity contribution < 1.29 is 18.8 Å². The van der Waals surface area contributed by atoms with Gasteiger partial charge in [-0.05, 0) is 44.7 Å². The van der Waals surface area contributed by atoms with Crippen LogP contribution in [0.1, 0.15) is 48.5 Å². The van der Waals surface area contributed by atoms with Crippen LogP contribution in [0.4, 0.5) is 5.69 Å². The number of piperidine rings is 1. The molecule has 0 aromatic heterocycles. The van der Waals surface area contributed by atoms with Crippen molar-refractivity contribution in [2.45, 2.75) is 45.6 Å². The van der Waals surface area contributed by atoms with Crippen LogP contribution in [0.15, 0.2) is 18.2 Å². The molecule has 1 aromatic carbocycles. The SMILES string of the molecule is CCOC(=O)c1cccc(C)c1N1CCC([N+]2(C)CCCCC2)C1=O. The molecule has 1 aromatic rings. The van der Waals surface area contributed by atoms with E-state index in [1.807, 2.05) is 24.0 Å². The lowest BCUT2D eigenvalue weighted by atomic mass is 10.0. The third-order valence-corrected chi connectivity index (χ3v) is 5.77. The third-order valence-electron chi connectivity index (χ3n) is 5.77. The number of hydrogen-bond donors (Lipinski definition) is 0. The molecule has 25 heavy (non-hydrogen) atoms. The number of carbonyl (C=O) groups excluding carboxylic acids is 2. The lowest BCUT2D eigenvalue weighted by Crippen LogP contribution is -2.58. The van der Waals surface area contributed by atoms with Crippen molar-refractivity contribution in [3.8, 4) is 0 Å². The van der Waals surface area contributed by atoms with Crippen LogP contribution in [-0.2, 0) is 9.53 Å². The molecule has 0 bridgehead atoms. The summed E-state index contributed by atoms with van der Waals surface area (Å²) in [7, 11) is 2.22. The lowest BCUT2D eigenvalue weighted by Gasteiger charge is -2.41. The number of hydrogen-bond acceptors (Lipinski definition) is 3. The van der Waals surface area contributed by atoms with Crippen LogP contribution in [-0.4, -0.2) is 55.7 Å². The number of aryl methyl sites for hydroxylation is 1. The maximum atomic E-state index is 13.3. The molecule has 0 aliphatic carbocycles. The summed E-state index contributed by atoms with van der Waals surface area (Å²) in [6, 6.07) is 5.57. The van der Waals surface area contributed by atoms with Crippen LogP contribution in [0.2, 0.25) is 0 Å². The van der Waals surface area contributed by atoms with Crippen molar-refractivity contribution in [2.24, 2.45) is 0 Å². The molecule has 1 amide bonds. The highest BCUT2D eigenvalue weighted by Crippen LogP contribution is 2.34. The number of anilines is 1. The molecule has 0 saturated carbocycles. The minimum atomic E-state index is -0.351. The van der Waals surface area contributed by atoms with Crippen LogP contribution in [0.3, 0.4) is 0 Å². The number of rotatable bonds is 4. The first-order valence-electron chi connectivity index (χ1n) is 9.40. The lowest BCUT2D eigenvalue weighted by molar-refractivity contribution is -0.928. The molecule has 1 unspecified atom stereocenters. The molecular formula is C20H29N2O3+. The number of esters is 1. The number of quaternary nitrogens is 1. The summed E-state index contributed by atoms with van der Waals surface area (Å²) in [5.74, 6) is -0.194. The fourth-order valence-corrected chi connectivity index (χ4v) is 4.40. The number of likely N-dealkylation sites (tertiary alicyclic amines) is 1. The van der Waals surface area contributed by atoms with Gasteiger partial charge in [0.05, 0.1) is 38.0 Å². The molecule has 5 heteroatoms. The quantitative estimate of drug-likeness (QED) is 0.623. The normalized spacial score (nSPS) is 22.9. The number of nitrogens with zero attached hydrogens (tertiary/aromatic N) is 2. The van der Waals surface area contributed by atoms with Gasteiger partial charge in [0, 0.05) is 13.0 Å². The average molecular weight is 345 g/mol. The van der Waals surface area contributed by atoms with Crippen molar-refractivity contribution >= 4 is 17.6 Å². The first kappa shape index (κ1) is 17.9. The van der Waals surface area contributed by atoms with Gasteiger partial charge in [0.2, 0.25) is 0 Å². The van der Waals surface area contributed by atoms with E-state index in [-0.39, 0.29) is 17.9 Å². The number of benzene rings is 1. The summed E-state index contributed by atoms with van der Waals surface area (Å²) in [5, 5.41) is 0. The Morgan fingerprint density at radius 2 is 2.00 bits per heavy atom. The maximum Gasteiger partial charge on any atom is 0.340 e. The summed E-state index contributed by atoms with van der Waals surface area (Å²) >= 11 is 0. The molecule has 1 atom stereocenters. The van der Waals surface area contributed by atoms with Gasteiger partial charge in [0.15, 0.2) is 6.04 Å². The Labute approximate surface area is 150 Å². The molecule has 0 radical (unpaired) electrons. The summed E-state index contributed by atoms with van der Waals surface area (Å²) in [5.41, 5.74) is 2.18. The van der Waals surface area contributed by atoms with Gasteiger partial charge < -0.3 is 14.1 Å². The van der Waals surface area contributed by atoms with Crippen molar-refractivity contribution in [3.63, 3.8) is 0 Å².